The van der Waals surface area contributed by atoms with E-state index in [9.17, 15) is 14.9 Å². The Kier molecular flexibility index (Phi) is 5.10. The Bertz CT molecular complexity index is 444. The molecule has 0 aliphatic heterocycles. The van der Waals surface area contributed by atoms with Crippen LogP contribution >= 0.6 is 0 Å². The highest BCUT2D eigenvalue weighted by molar-refractivity contribution is 5.88. The van der Waals surface area contributed by atoms with Crippen molar-refractivity contribution in [1.29, 1.82) is 0 Å². The minimum absolute atomic E-state index is 0.0102. The number of hydrogen-bond donors (Lipinski definition) is 1. The second kappa shape index (κ2) is 6.58. The van der Waals surface area contributed by atoms with Crippen LogP contribution in [-0.2, 0) is 0 Å². The zero-order valence-electron chi connectivity index (χ0n) is 10.1. The van der Waals surface area contributed by atoms with Crippen molar-refractivity contribution >= 4 is 11.7 Å². The van der Waals surface area contributed by atoms with E-state index in [1.54, 1.807) is 0 Å². The number of aromatic carboxylic acids is 1. The molecule has 0 amide bonds. The molecule has 18 heavy (non-hydrogen) atoms. The maximum Gasteiger partial charge on any atom is 0.335 e. The van der Waals surface area contributed by atoms with Crippen molar-refractivity contribution in [2.45, 2.75) is 26.2 Å². The summed E-state index contributed by atoms with van der Waals surface area (Å²) in [5.74, 6) is -1.13. The molecule has 0 atom stereocenters. The second-order valence-corrected chi connectivity index (χ2v) is 3.80. The molecule has 0 fully saturated rings. The number of carbonyl (C=O) groups is 1. The Balaban J connectivity index is 2.86. The summed E-state index contributed by atoms with van der Waals surface area (Å²) in [6.07, 6.45) is 2.76. The smallest absolute Gasteiger partial charge is 0.335 e. The van der Waals surface area contributed by atoms with Gasteiger partial charge in [0.1, 0.15) is 0 Å². The van der Waals surface area contributed by atoms with Crippen LogP contribution in [0.15, 0.2) is 18.2 Å². The van der Waals surface area contributed by atoms with Crippen molar-refractivity contribution in [2.75, 3.05) is 6.61 Å². The lowest BCUT2D eigenvalue weighted by molar-refractivity contribution is -0.385. The fourth-order valence-electron chi connectivity index (χ4n) is 1.45. The number of hydrogen-bond acceptors (Lipinski definition) is 4. The van der Waals surface area contributed by atoms with Gasteiger partial charge in [0.15, 0.2) is 5.75 Å². The highest BCUT2D eigenvalue weighted by Gasteiger charge is 2.17. The van der Waals surface area contributed by atoms with Crippen molar-refractivity contribution in [3.05, 3.63) is 33.9 Å². The summed E-state index contributed by atoms with van der Waals surface area (Å²) in [4.78, 5) is 21.0. The van der Waals surface area contributed by atoms with Crippen LogP contribution in [0.2, 0.25) is 0 Å². The number of nitro groups is 1. The molecule has 0 unspecified atom stereocenters. The summed E-state index contributed by atoms with van der Waals surface area (Å²) in [5.41, 5.74) is -0.234. The van der Waals surface area contributed by atoms with E-state index >= 15 is 0 Å². The zero-order valence-corrected chi connectivity index (χ0v) is 10.1. The number of carboxylic acid groups (broad SMARTS) is 1. The molecule has 0 aliphatic rings. The third-order valence-corrected chi connectivity index (χ3v) is 2.41. The van der Waals surface area contributed by atoms with E-state index in [1.807, 2.05) is 6.92 Å². The van der Waals surface area contributed by atoms with Gasteiger partial charge < -0.3 is 9.84 Å². The molecule has 0 spiro atoms. The van der Waals surface area contributed by atoms with E-state index in [4.69, 9.17) is 9.84 Å². The van der Waals surface area contributed by atoms with E-state index in [1.165, 1.54) is 12.1 Å². The maximum absolute atomic E-state index is 10.8. The molecule has 1 rings (SSSR count). The molecule has 0 bridgehead atoms. The summed E-state index contributed by atoms with van der Waals surface area (Å²) in [6.45, 7) is 2.38. The third-order valence-electron chi connectivity index (χ3n) is 2.41. The third kappa shape index (κ3) is 3.73. The SMILES string of the molecule is CCCCCOc1cc(C(=O)O)ccc1[N+](=O)[O-]. The summed E-state index contributed by atoms with van der Waals surface area (Å²) >= 11 is 0. The lowest BCUT2D eigenvalue weighted by atomic mass is 10.2. The van der Waals surface area contributed by atoms with Crippen molar-refractivity contribution in [3.63, 3.8) is 0 Å². The molecule has 0 aromatic heterocycles. The van der Waals surface area contributed by atoms with Gasteiger partial charge >= 0.3 is 11.7 Å². The normalized spacial score (nSPS) is 10.1. The fourth-order valence-corrected chi connectivity index (χ4v) is 1.45. The topological polar surface area (TPSA) is 89.7 Å². The first-order valence-corrected chi connectivity index (χ1v) is 5.70. The summed E-state index contributed by atoms with van der Waals surface area (Å²) in [5, 5.41) is 19.6. The zero-order chi connectivity index (χ0) is 13.5. The van der Waals surface area contributed by atoms with Crippen LogP contribution in [0.1, 0.15) is 36.5 Å². The van der Waals surface area contributed by atoms with E-state index in [0.717, 1.165) is 25.3 Å². The number of rotatable bonds is 7. The van der Waals surface area contributed by atoms with Gasteiger partial charge in [-0.2, -0.15) is 0 Å². The molecule has 0 saturated carbocycles. The first-order chi connectivity index (χ1) is 8.56. The highest BCUT2D eigenvalue weighted by Crippen LogP contribution is 2.28. The van der Waals surface area contributed by atoms with E-state index in [2.05, 4.69) is 0 Å². The second-order valence-electron chi connectivity index (χ2n) is 3.80. The van der Waals surface area contributed by atoms with Gasteiger partial charge in [0.05, 0.1) is 17.1 Å². The van der Waals surface area contributed by atoms with Crippen LogP contribution in [0, 0.1) is 10.1 Å². The Hall–Kier alpha value is -2.11. The number of carboxylic acids is 1. The lowest BCUT2D eigenvalue weighted by Gasteiger charge is -2.07. The van der Waals surface area contributed by atoms with Crippen molar-refractivity contribution in [1.82, 2.24) is 0 Å². The van der Waals surface area contributed by atoms with Gasteiger partial charge in [-0.25, -0.2) is 4.79 Å². The predicted octanol–water partition coefficient (Wildman–Crippen LogP) is 2.86. The first kappa shape index (κ1) is 14.0. The van der Waals surface area contributed by atoms with Crippen LogP contribution in [0.4, 0.5) is 5.69 Å². The minimum Gasteiger partial charge on any atom is -0.487 e. The molecule has 0 saturated heterocycles. The number of nitro benzene ring substituents is 1. The van der Waals surface area contributed by atoms with E-state index < -0.39 is 10.9 Å². The van der Waals surface area contributed by atoms with Gasteiger partial charge in [0, 0.05) is 12.1 Å². The first-order valence-electron chi connectivity index (χ1n) is 5.70. The van der Waals surface area contributed by atoms with E-state index in [-0.39, 0.29) is 17.0 Å². The molecular weight excluding hydrogens is 238 g/mol. The Morgan fingerprint density at radius 1 is 1.44 bits per heavy atom. The maximum atomic E-state index is 10.8. The molecule has 0 aliphatic carbocycles. The van der Waals surface area contributed by atoms with Gasteiger partial charge in [-0.3, -0.25) is 10.1 Å². The molecule has 1 aromatic carbocycles. The predicted molar refractivity (Wildman–Crippen MR) is 65.1 cm³/mol. The monoisotopic (exact) mass is 253 g/mol. The molecule has 0 radical (unpaired) electrons. The summed E-state index contributed by atoms with van der Waals surface area (Å²) in [7, 11) is 0. The van der Waals surface area contributed by atoms with Crippen molar-refractivity contribution in [3.8, 4) is 5.75 Å². The van der Waals surface area contributed by atoms with Crippen LogP contribution in [0.25, 0.3) is 0 Å². The molecule has 98 valence electrons. The summed E-state index contributed by atoms with van der Waals surface area (Å²) < 4.78 is 5.29. The van der Waals surface area contributed by atoms with Gasteiger partial charge in [0.25, 0.3) is 0 Å². The average Bonchev–Trinajstić information content (AvgIpc) is 2.34. The summed E-state index contributed by atoms with van der Waals surface area (Å²) in [6, 6.07) is 3.53. The molecule has 0 heterocycles. The van der Waals surface area contributed by atoms with Gasteiger partial charge in [-0.05, 0) is 12.5 Å². The van der Waals surface area contributed by atoms with Gasteiger partial charge in [-0.15, -0.1) is 0 Å². The fraction of sp³-hybridized carbons (Fsp3) is 0.417. The largest absolute Gasteiger partial charge is 0.487 e. The van der Waals surface area contributed by atoms with Crippen LogP contribution in [0.5, 0.6) is 5.75 Å². The number of nitrogens with zero attached hydrogens (tertiary/aromatic N) is 1. The molecule has 6 nitrogen and oxygen atoms in total. The lowest BCUT2D eigenvalue weighted by Crippen LogP contribution is -2.03. The number of ether oxygens (including phenoxy) is 1. The highest BCUT2D eigenvalue weighted by atomic mass is 16.6. The number of unbranched alkanes of at least 4 members (excludes halogenated alkanes) is 2. The van der Waals surface area contributed by atoms with Gasteiger partial charge in [-0.1, -0.05) is 19.8 Å². The van der Waals surface area contributed by atoms with Crippen molar-refractivity contribution < 1.29 is 19.6 Å². The Morgan fingerprint density at radius 3 is 2.72 bits per heavy atom. The average molecular weight is 253 g/mol. The molecule has 6 heteroatoms. The molecule has 1 N–H and O–H groups in total. The minimum atomic E-state index is -1.14. The van der Waals surface area contributed by atoms with Crippen molar-refractivity contribution in [2.24, 2.45) is 0 Å². The molecular formula is C12H15NO5. The van der Waals surface area contributed by atoms with Crippen LogP contribution in [0.3, 0.4) is 0 Å². The van der Waals surface area contributed by atoms with Crippen LogP contribution in [-0.4, -0.2) is 22.6 Å². The quantitative estimate of drug-likeness (QED) is 0.458. The van der Waals surface area contributed by atoms with Gasteiger partial charge in [0.2, 0.25) is 0 Å². The molecule has 1 aromatic rings. The number of benzene rings is 1. The van der Waals surface area contributed by atoms with Crippen LogP contribution < -0.4 is 4.74 Å². The Labute approximate surface area is 104 Å². The standard InChI is InChI=1S/C12H15NO5/c1-2-3-4-7-18-11-8-9(12(14)15)5-6-10(11)13(16)17/h5-6,8H,2-4,7H2,1H3,(H,14,15). The Morgan fingerprint density at radius 2 is 2.17 bits per heavy atom. The van der Waals surface area contributed by atoms with E-state index in [0.29, 0.717) is 6.61 Å².